The highest BCUT2D eigenvalue weighted by Crippen LogP contribution is 2.29. The predicted molar refractivity (Wildman–Crippen MR) is 81.2 cm³/mol. The first-order valence-corrected chi connectivity index (χ1v) is 7.59. The van der Waals surface area contributed by atoms with E-state index in [1.165, 1.54) is 4.73 Å². The molecule has 0 spiro atoms. The second-order valence-corrected chi connectivity index (χ2v) is 5.96. The summed E-state index contributed by atoms with van der Waals surface area (Å²) in [7, 11) is 0. The fourth-order valence-electron chi connectivity index (χ4n) is 3.18. The summed E-state index contributed by atoms with van der Waals surface area (Å²) >= 11 is 0. The molecule has 1 aliphatic rings. The number of nitrogens with zero attached hydrogens (tertiary/aromatic N) is 2. The number of aromatic nitrogens is 2. The van der Waals surface area contributed by atoms with E-state index in [2.05, 4.69) is 0 Å². The Kier molecular flexibility index (Phi) is 3.53. The molecule has 0 aliphatic heterocycles. The number of benzene rings is 1. The van der Waals surface area contributed by atoms with Crippen molar-refractivity contribution in [3.63, 3.8) is 0 Å². The van der Waals surface area contributed by atoms with Crippen LogP contribution in [0.25, 0.3) is 11.3 Å². The molecule has 0 unspecified atom stereocenters. The summed E-state index contributed by atoms with van der Waals surface area (Å²) in [6, 6.07) is 9.61. The molecule has 4 heteroatoms. The van der Waals surface area contributed by atoms with Crippen molar-refractivity contribution in [1.29, 1.82) is 0 Å². The fourth-order valence-corrected chi connectivity index (χ4v) is 3.18. The van der Waals surface area contributed by atoms with Gasteiger partial charge in [0.15, 0.2) is 0 Å². The van der Waals surface area contributed by atoms with E-state index >= 15 is 0 Å². The zero-order valence-corrected chi connectivity index (χ0v) is 12.5. The molecule has 1 aromatic heterocycles. The van der Waals surface area contributed by atoms with Crippen molar-refractivity contribution < 1.29 is 9.63 Å². The molecule has 1 aliphatic carbocycles. The maximum atomic E-state index is 12.9. The molecular formula is C17H21N2O2+. The number of fused-ring (bicyclic) bond motifs is 1. The van der Waals surface area contributed by atoms with E-state index in [9.17, 15) is 10.1 Å². The van der Waals surface area contributed by atoms with Crippen molar-refractivity contribution in [3.8, 4) is 11.3 Å². The lowest BCUT2D eigenvalue weighted by molar-refractivity contribution is -0.496. The Balaban J connectivity index is 2.37. The van der Waals surface area contributed by atoms with Crippen molar-refractivity contribution in [2.75, 3.05) is 0 Å². The first-order valence-electron chi connectivity index (χ1n) is 7.59. The number of hydrogen-bond donors (Lipinski definition) is 1. The molecular weight excluding hydrogens is 264 g/mol. The lowest BCUT2D eigenvalue weighted by Crippen LogP contribution is -2.34. The zero-order chi connectivity index (χ0) is 15.0. The Hall–Kier alpha value is -2.10. The highest BCUT2D eigenvalue weighted by Gasteiger charge is 2.33. The summed E-state index contributed by atoms with van der Waals surface area (Å²) in [6.07, 6.45) is 3.53. The van der Waals surface area contributed by atoms with E-state index in [1.54, 1.807) is 0 Å². The minimum atomic E-state index is 0.0673. The van der Waals surface area contributed by atoms with Crippen LogP contribution in [0.2, 0.25) is 0 Å². The van der Waals surface area contributed by atoms with Crippen LogP contribution in [-0.4, -0.2) is 9.94 Å². The van der Waals surface area contributed by atoms with Crippen molar-refractivity contribution in [2.24, 2.45) is 0 Å². The minimum Gasteiger partial charge on any atom is -0.428 e. The molecule has 0 saturated carbocycles. The fraction of sp³-hybridized carbons (Fsp3) is 0.412. The second-order valence-electron chi connectivity index (χ2n) is 5.96. The van der Waals surface area contributed by atoms with Crippen LogP contribution in [0.5, 0.6) is 0 Å². The standard InChI is InChI=1S/C17H21N2O2/c1-12(2)16-17(13-8-4-3-5-9-13)19(21)15-11-7-6-10-14(15)18(16)20/h3-5,8-9,12,20H,6-7,10-11H2,1-2H3/q+1. The van der Waals surface area contributed by atoms with Crippen LogP contribution < -0.4 is 4.43 Å². The molecule has 3 rings (SSSR count). The van der Waals surface area contributed by atoms with Crippen LogP contribution >= 0.6 is 0 Å². The highest BCUT2D eigenvalue weighted by atomic mass is 16.5. The summed E-state index contributed by atoms with van der Waals surface area (Å²) in [4.78, 5) is 12.9. The van der Waals surface area contributed by atoms with Gasteiger partial charge in [0, 0.05) is 17.2 Å². The summed E-state index contributed by atoms with van der Waals surface area (Å²) in [5, 5.41) is 10.6. The largest absolute Gasteiger partial charge is 0.428 e. The molecule has 0 amide bonds. The molecule has 0 atom stereocenters. The van der Waals surface area contributed by atoms with Gasteiger partial charge < -0.3 is 5.21 Å². The molecule has 21 heavy (non-hydrogen) atoms. The van der Waals surface area contributed by atoms with Crippen molar-refractivity contribution >= 4 is 0 Å². The van der Waals surface area contributed by atoms with Gasteiger partial charge in [0.05, 0.1) is 9.99 Å². The average Bonchev–Trinajstić information content (AvgIpc) is 2.51. The van der Waals surface area contributed by atoms with Gasteiger partial charge in [-0.1, -0.05) is 32.0 Å². The lowest BCUT2D eigenvalue weighted by atomic mass is 9.96. The van der Waals surface area contributed by atoms with Crippen LogP contribution in [-0.2, 0) is 12.8 Å². The predicted octanol–water partition coefficient (Wildman–Crippen LogP) is 3.31. The third kappa shape index (κ3) is 2.24. The van der Waals surface area contributed by atoms with E-state index in [0.717, 1.165) is 41.4 Å². The highest BCUT2D eigenvalue weighted by molar-refractivity contribution is 5.59. The quantitative estimate of drug-likeness (QED) is 0.680. The van der Waals surface area contributed by atoms with Crippen LogP contribution in [0.4, 0.5) is 0 Å². The van der Waals surface area contributed by atoms with E-state index in [1.807, 2.05) is 44.2 Å². The first kappa shape index (κ1) is 13.9. The molecule has 4 nitrogen and oxygen atoms in total. The van der Waals surface area contributed by atoms with Gasteiger partial charge in [0.2, 0.25) is 0 Å². The third-order valence-corrected chi connectivity index (χ3v) is 4.18. The van der Waals surface area contributed by atoms with Crippen molar-refractivity contribution in [3.05, 3.63) is 52.3 Å². The van der Waals surface area contributed by atoms with Gasteiger partial charge in [-0.3, -0.25) is 0 Å². The van der Waals surface area contributed by atoms with Gasteiger partial charge in [-0.2, -0.15) is 4.73 Å². The maximum Gasteiger partial charge on any atom is 0.293 e. The molecule has 0 bridgehead atoms. The van der Waals surface area contributed by atoms with Gasteiger partial charge in [0.1, 0.15) is 11.4 Å². The molecule has 1 aromatic carbocycles. The maximum absolute atomic E-state index is 12.9. The normalized spacial score (nSPS) is 14.2. The zero-order valence-electron chi connectivity index (χ0n) is 12.5. The summed E-state index contributed by atoms with van der Waals surface area (Å²) in [5.41, 5.74) is 3.62. The first-order chi connectivity index (χ1) is 10.1. The van der Waals surface area contributed by atoms with Crippen LogP contribution in [0.3, 0.4) is 0 Å². The Morgan fingerprint density at radius 1 is 1.14 bits per heavy atom. The molecule has 0 saturated heterocycles. The Morgan fingerprint density at radius 2 is 1.81 bits per heavy atom. The van der Waals surface area contributed by atoms with E-state index in [0.29, 0.717) is 17.1 Å². The van der Waals surface area contributed by atoms with E-state index in [-0.39, 0.29) is 5.92 Å². The summed E-state index contributed by atoms with van der Waals surface area (Å²) in [6.45, 7) is 4.01. The number of hydrogen-bond acceptors (Lipinski definition) is 2. The van der Waals surface area contributed by atoms with Gasteiger partial charge in [-0.05, 0) is 31.4 Å². The topological polar surface area (TPSA) is 48.1 Å². The molecule has 0 radical (unpaired) electrons. The van der Waals surface area contributed by atoms with E-state index < -0.39 is 0 Å². The Bertz CT molecular complexity index is 718. The SMILES string of the molecule is CC(C)c1c(-c2ccccc2)[n+](=O)c2c(n1O)CCCC2. The minimum absolute atomic E-state index is 0.0673. The monoisotopic (exact) mass is 285 g/mol. The van der Waals surface area contributed by atoms with Crippen LogP contribution in [0.1, 0.15) is 49.7 Å². The van der Waals surface area contributed by atoms with Gasteiger partial charge in [-0.15, -0.1) is 0 Å². The van der Waals surface area contributed by atoms with Crippen molar-refractivity contribution in [2.45, 2.75) is 45.4 Å². The molecule has 1 heterocycles. The second kappa shape index (κ2) is 5.35. The van der Waals surface area contributed by atoms with E-state index in [4.69, 9.17) is 0 Å². The summed E-state index contributed by atoms with van der Waals surface area (Å²) in [5.74, 6) is 0.0673. The number of rotatable bonds is 2. The van der Waals surface area contributed by atoms with Crippen LogP contribution in [0.15, 0.2) is 30.3 Å². The summed E-state index contributed by atoms with van der Waals surface area (Å²) < 4.78 is 2.32. The van der Waals surface area contributed by atoms with Gasteiger partial charge in [0.25, 0.3) is 11.4 Å². The average molecular weight is 285 g/mol. The van der Waals surface area contributed by atoms with Crippen molar-refractivity contribution in [1.82, 2.24) is 4.73 Å². The van der Waals surface area contributed by atoms with Gasteiger partial charge in [-0.25, -0.2) is 0 Å². The van der Waals surface area contributed by atoms with Crippen LogP contribution in [0, 0.1) is 4.91 Å². The Morgan fingerprint density at radius 3 is 2.48 bits per heavy atom. The molecule has 1 N–H and O–H groups in total. The molecule has 2 aromatic rings. The molecule has 0 fully saturated rings. The Labute approximate surface area is 124 Å². The lowest BCUT2D eigenvalue weighted by Gasteiger charge is -2.18. The third-order valence-electron chi connectivity index (χ3n) is 4.18. The molecule has 110 valence electrons. The van der Waals surface area contributed by atoms with Gasteiger partial charge >= 0.3 is 0 Å². The smallest absolute Gasteiger partial charge is 0.293 e.